The van der Waals surface area contributed by atoms with Crippen LogP contribution in [0.15, 0.2) is 0 Å². The smallest absolute Gasteiger partial charge is 0.306 e. The minimum Gasteiger partial charge on any atom is -0.469 e. The van der Waals surface area contributed by atoms with Crippen LogP contribution in [0.5, 0.6) is 0 Å². The molecule has 0 saturated heterocycles. The van der Waals surface area contributed by atoms with Crippen LogP contribution in [-0.4, -0.2) is 18.3 Å². The van der Waals surface area contributed by atoms with E-state index in [9.17, 15) is 4.79 Å². The van der Waals surface area contributed by atoms with E-state index in [-0.39, 0.29) is 11.2 Å². The lowest BCUT2D eigenvalue weighted by atomic mass is 10.0. The Labute approximate surface area is 125 Å². The van der Waals surface area contributed by atoms with Gasteiger partial charge in [-0.05, 0) is 6.42 Å². The van der Waals surface area contributed by atoms with Gasteiger partial charge < -0.3 is 4.74 Å². The molecule has 0 heterocycles. The van der Waals surface area contributed by atoms with Crippen molar-refractivity contribution in [3.05, 3.63) is 0 Å². The third-order valence-electron chi connectivity index (χ3n) is 3.52. The van der Waals surface area contributed by atoms with Gasteiger partial charge in [0.25, 0.3) is 0 Å². The number of carbonyl (C=O) groups excluding carboxylic acids is 1. The molecule has 1 unspecified atom stereocenters. The van der Waals surface area contributed by atoms with Gasteiger partial charge >= 0.3 is 5.97 Å². The highest BCUT2D eigenvalue weighted by Crippen LogP contribution is 2.15. The summed E-state index contributed by atoms with van der Waals surface area (Å²) in [4.78, 5) is 11.0. The van der Waals surface area contributed by atoms with Gasteiger partial charge in [-0.25, -0.2) is 0 Å². The van der Waals surface area contributed by atoms with E-state index in [2.05, 4.69) is 24.3 Å². The molecule has 0 bridgehead atoms. The van der Waals surface area contributed by atoms with Gasteiger partial charge in [0.15, 0.2) is 0 Å². The van der Waals surface area contributed by atoms with Gasteiger partial charge in [0.2, 0.25) is 0 Å². The summed E-state index contributed by atoms with van der Waals surface area (Å²) in [5.41, 5.74) is 0. The largest absolute Gasteiger partial charge is 0.469 e. The van der Waals surface area contributed by atoms with Gasteiger partial charge in [0.1, 0.15) is 0 Å². The second-order valence-electron chi connectivity index (χ2n) is 5.40. The third kappa shape index (κ3) is 14.0. The van der Waals surface area contributed by atoms with Crippen molar-refractivity contribution < 1.29 is 9.53 Å². The van der Waals surface area contributed by atoms with Crippen LogP contribution in [0.3, 0.4) is 0 Å². The highest BCUT2D eigenvalue weighted by molar-refractivity contribution is 7.81. The molecule has 0 saturated carbocycles. The van der Waals surface area contributed by atoms with E-state index in [1.165, 1.54) is 71.3 Å². The van der Waals surface area contributed by atoms with Crippen molar-refractivity contribution in [3.8, 4) is 0 Å². The first-order valence-electron chi connectivity index (χ1n) is 7.95. The number of unbranched alkanes of at least 4 members (excludes halogenated alkanes) is 9. The van der Waals surface area contributed by atoms with Gasteiger partial charge in [-0.2, -0.15) is 12.6 Å². The predicted molar refractivity (Wildman–Crippen MR) is 85.9 cm³/mol. The molecule has 0 spiro atoms. The lowest BCUT2D eigenvalue weighted by Gasteiger charge is -2.08. The number of ether oxygens (including phenoxy) is 1. The first kappa shape index (κ1) is 18.8. The summed E-state index contributed by atoms with van der Waals surface area (Å²) in [5, 5.41) is 0.168. The molecule has 0 aromatic carbocycles. The summed E-state index contributed by atoms with van der Waals surface area (Å²) in [6.45, 7) is 2.26. The number of hydrogen-bond acceptors (Lipinski definition) is 3. The highest BCUT2D eigenvalue weighted by Gasteiger charge is 2.09. The number of carbonyl (C=O) groups is 1. The van der Waals surface area contributed by atoms with Gasteiger partial charge in [0, 0.05) is 5.25 Å². The van der Waals surface area contributed by atoms with Gasteiger partial charge in [0.05, 0.1) is 13.5 Å². The van der Waals surface area contributed by atoms with Crippen LogP contribution in [0.4, 0.5) is 0 Å². The van der Waals surface area contributed by atoms with Crippen LogP contribution in [0.2, 0.25) is 0 Å². The zero-order valence-corrected chi connectivity index (χ0v) is 13.7. The van der Waals surface area contributed by atoms with Crippen LogP contribution in [0.25, 0.3) is 0 Å². The lowest BCUT2D eigenvalue weighted by Crippen LogP contribution is -2.09. The summed E-state index contributed by atoms with van der Waals surface area (Å²) in [6.07, 6.45) is 14.9. The van der Waals surface area contributed by atoms with Crippen LogP contribution < -0.4 is 0 Å². The first-order chi connectivity index (χ1) is 9.20. The second kappa shape index (κ2) is 14.2. The van der Waals surface area contributed by atoms with Crippen LogP contribution >= 0.6 is 12.6 Å². The Hall–Kier alpha value is -0.180. The molecule has 3 heteroatoms. The molecule has 0 aliphatic heterocycles. The summed E-state index contributed by atoms with van der Waals surface area (Å²) >= 11 is 4.41. The number of hydrogen-bond donors (Lipinski definition) is 1. The quantitative estimate of drug-likeness (QED) is 0.288. The Morgan fingerprint density at radius 1 is 0.947 bits per heavy atom. The maximum atomic E-state index is 11.0. The van der Waals surface area contributed by atoms with Gasteiger partial charge in [-0.15, -0.1) is 0 Å². The van der Waals surface area contributed by atoms with E-state index in [1.807, 2.05) is 0 Å². The fourth-order valence-electron chi connectivity index (χ4n) is 2.25. The monoisotopic (exact) mass is 288 g/mol. The van der Waals surface area contributed by atoms with Crippen molar-refractivity contribution in [1.82, 2.24) is 0 Å². The maximum Gasteiger partial charge on any atom is 0.306 e. The van der Waals surface area contributed by atoms with Crippen LogP contribution in [0.1, 0.15) is 84.0 Å². The Kier molecular flexibility index (Phi) is 14.1. The molecule has 0 radical (unpaired) electrons. The topological polar surface area (TPSA) is 26.3 Å². The second-order valence-corrected chi connectivity index (χ2v) is 6.14. The Morgan fingerprint density at radius 2 is 1.42 bits per heavy atom. The Bertz CT molecular complexity index is 207. The summed E-state index contributed by atoms with van der Waals surface area (Å²) in [6, 6.07) is 0. The zero-order valence-electron chi connectivity index (χ0n) is 12.8. The number of thiol groups is 1. The van der Waals surface area contributed by atoms with Crippen molar-refractivity contribution in [2.24, 2.45) is 0 Å². The molecule has 0 aliphatic rings. The van der Waals surface area contributed by atoms with Gasteiger partial charge in [-0.3, -0.25) is 4.79 Å². The van der Waals surface area contributed by atoms with E-state index in [1.54, 1.807) is 0 Å². The molecule has 0 N–H and O–H groups in total. The molecule has 0 rings (SSSR count). The van der Waals surface area contributed by atoms with E-state index in [0.29, 0.717) is 6.42 Å². The van der Waals surface area contributed by atoms with Crippen molar-refractivity contribution in [2.75, 3.05) is 7.11 Å². The molecule has 0 aliphatic carbocycles. The van der Waals surface area contributed by atoms with Crippen LogP contribution in [0, 0.1) is 0 Å². The Morgan fingerprint density at radius 3 is 1.89 bits per heavy atom. The highest BCUT2D eigenvalue weighted by atomic mass is 32.1. The minimum atomic E-state index is -0.146. The Balaban J connectivity index is 3.16. The number of rotatable bonds is 13. The van der Waals surface area contributed by atoms with Crippen molar-refractivity contribution in [2.45, 2.75) is 89.2 Å². The number of esters is 1. The molecular weight excluding hydrogens is 256 g/mol. The molecule has 2 nitrogen and oxygen atoms in total. The normalized spacial score (nSPS) is 12.4. The molecular formula is C16H32O2S. The lowest BCUT2D eigenvalue weighted by molar-refractivity contribution is -0.140. The molecule has 114 valence electrons. The summed E-state index contributed by atoms with van der Waals surface area (Å²) in [7, 11) is 1.43. The van der Waals surface area contributed by atoms with Crippen molar-refractivity contribution in [1.29, 1.82) is 0 Å². The molecule has 0 fully saturated rings. The average molecular weight is 288 g/mol. The molecule has 0 aromatic rings. The summed E-state index contributed by atoms with van der Waals surface area (Å²) < 4.78 is 4.63. The molecule has 1 atom stereocenters. The van der Waals surface area contributed by atoms with E-state index >= 15 is 0 Å². The fraction of sp³-hybridized carbons (Fsp3) is 0.938. The standard InChI is InChI=1S/C16H32O2S/c1-3-4-5-6-7-8-9-10-11-12-13-15(19)14-16(17)18-2/h15,19H,3-14H2,1-2H3. The fourth-order valence-corrected chi connectivity index (χ4v) is 2.58. The number of methoxy groups -OCH3 is 1. The SMILES string of the molecule is CCCCCCCCCCCCC(S)CC(=O)OC. The van der Waals surface area contributed by atoms with Crippen LogP contribution in [-0.2, 0) is 9.53 Å². The zero-order chi connectivity index (χ0) is 14.3. The maximum absolute atomic E-state index is 11.0. The third-order valence-corrected chi connectivity index (χ3v) is 3.96. The van der Waals surface area contributed by atoms with E-state index < -0.39 is 0 Å². The van der Waals surface area contributed by atoms with E-state index in [4.69, 9.17) is 0 Å². The molecule has 0 aromatic heterocycles. The van der Waals surface area contributed by atoms with Crippen molar-refractivity contribution >= 4 is 18.6 Å². The van der Waals surface area contributed by atoms with E-state index in [0.717, 1.165) is 6.42 Å². The van der Waals surface area contributed by atoms with Gasteiger partial charge in [-0.1, -0.05) is 71.1 Å². The first-order valence-corrected chi connectivity index (χ1v) is 8.47. The summed E-state index contributed by atoms with van der Waals surface area (Å²) in [5.74, 6) is -0.146. The minimum absolute atomic E-state index is 0.146. The molecule has 0 amide bonds. The average Bonchev–Trinajstić information content (AvgIpc) is 2.40. The predicted octanol–water partition coefficient (Wildman–Crippen LogP) is 5.16. The van der Waals surface area contributed by atoms with Crippen molar-refractivity contribution in [3.63, 3.8) is 0 Å². The molecule has 19 heavy (non-hydrogen) atoms.